The van der Waals surface area contributed by atoms with Gasteiger partial charge in [-0.25, -0.2) is 8.42 Å². The highest BCUT2D eigenvalue weighted by molar-refractivity contribution is 7.91. The van der Waals surface area contributed by atoms with Crippen LogP contribution < -0.4 is 10.1 Å². The van der Waals surface area contributed by atoms with Crippen LogP contribution in [0.25, 0.3) is 0 Å². The van der Waals surface area contributed by atoms with Gasteiger partial charge >= 0.3 is 0 Å². The summed E-state index contributed by atoms with van der Waals surface area (Å²) < 4.78 is 28.3. The van der Waals surface area contributed by atoms with Crippen LogP contribution in [0, 0.1) is 0 Å². The van der Waals surface area contributed by atoms with Crippen molar-refractivity contribution in [3.8, 4) is 11.5 Å². The van der Waals surface area contributed by atoms with Crippen molar-refractivity contribution in [3.05, 3.63) is 23.8 Å². The fourth-order valence-electron chi connectivity index (χ4n) is 2.61. The zero-order valence-corrected chi connectivity index (χ0v) is 12.6. The third kappa shape index (κ3) is 3.64. The lowest BCUT2D eigenvalue weighted by Gasteiger charge is -2.27. The second kappa shape index (κ2) is 6.01. The van der Waals surface area contributed by atoms with E-state index in [1.807, 2.05) is 6.92 Å². The second-order valence-electron chi connectivity index (χ2n) is 5.27. The lowest BCUT2D eigenvalue weighted by atomic mass is 10.0. The number of aromatic hydroxyl groups is 1. The Hall–Kier alpha value is -1.27. The minimum atomic E-state index is -2.93. The number of nitrogens with one attached hydrogen (secondary N) is 1. The molecule has 0 aliphatic carbocycles. The van der Waals surface area contributed by atoms with E-state index in [0.717, 1.165) is 12.0 Å². The molecule has 1 aromatic carbocycles. The molecule has 1 saturated heterocycles. The summed E-state index contributed by atoms with van der Waals surface area (Å²) in [5.41, 5.74) is 0.744. The van der Waals surface area contributed by atoms with Crippen LogP contribution in [0.3, 0.4) is 0 Å². The van der Waals surface area contributed by atoms with Crippen LogP contribution in [-0.2, 0) is 9.84 Å². The summed E-state index contributed by atoms with van der Waals surface area (Å²) in [7, 11) is -1.38. The number of methoxy groups -OCH3 is 1. The molecule has 2 unspecified atom stereocenters. The Labute approximate surface area is 119 Å². The van der Waals surface area contributed by atoms with E-state index >= 15 is 0 Å². The van der Waals surface area contributed by atoms with E-state index in [1.54, 1.807) is 25.3 Å². The number of hydrogen-bond acceptors (Lipinski definition) is 5. The van der Waals surface area contributed by atoms with Crippen molar-refractivity contribution in [1.29, 1.82) is 0 Å². The summed E-state index contributed by atoms with van der Waals surface area (Å²) in [6.07, 6.45) is 1.54. The van der Waals surface area contributed by atoms with Crippen molar-refractivity contribution in [3.63, 3.8) is 0 Å². The fourth-order valence-corrected chi connectivity index (χ4v) is 4.26. The van der Waals surface area contributed by atoms with E-state index in [0.29, 0.717) is 12.2 Å². The molecule has 1 fully saturated rings. The Balaban J connectivity index is 2.06. The van der Waals surface area contributed by atoms with Crippen LogP contribution in [0.2, 0.25) is 0 Å². The average Bonchev–Trinajstić information content (AvgIpc) is 2.37. The van der Waals surface area contributed by atoms with Gasteiger partial charge in [0.2, 0.25) is 0 Å². The van der Waals surface area contributed by atoms with Gasteiger partial charge in [0.25, 0.3) is 0 Å². The molecule has 2 N–H and O–H groups in total. The topological polar surface area (TPSA) is 75.6 Å². The molecule has 6 heteroatoms. The predicted octanol–water partition coefficient (Wildman–Crippen LogP) is 1.63. The first-order chi connectivity index (χ1) is 9.41. The average molecular weight is 299 g/mol. The normalized spacial score (nSPS) is 23.2. The van der Waals surface area contributed by atoms with Crippen LogP contribution >= 0.6 is 0 Å². The summed E-state index contributed by atoms with van der Waals surface area (Å²) in [5, 5.41) is 13.3. The van der Waals surface area contributed by atoms with E-state index in [1.165, 1.54) is 0 Å². The summed E-state index contributed by atoms with van der Waals surface area (Å²) >= 11 is 0. The highest BCUT2D eigenvalue weighted by atomic mass is 32.2. The first kappa shape index (κ1) is 15.1. The van der Waals surface area contributed by atoms with Gasteiger partial charge in [0.1, 0.15) is 11.5 Å². The van der Waals surface area contributed by atoms with Gasteiger partial charge in [0, 0.05) is 23.7 Å². The number of ether oxygens (including phenoxy) is 1. The smallest absolute Gasteiger partial charge is 0.151 e. The monoisotopic (exact) mass is 299 g/mol. The third-order valence-corrected chi connectivity index (χ3v) is 5.47. The maximum Gasteiger partial charge on any atom is 0.151 e. The molecule has 0 spiro atoms. The van der Waals surface area contributed by atoms with Crippen molar-refractivity contribution >= 4 is 9.84 Å². The van der Waals surface area contributed by atoms with Crippen LogP contribution in [0.4, 0.5) is 0 Å². The Morgan fingerprint density at radius 3 is 2.80 bits per heavy atom. The Kier molecular flexibility index (Phi) is 4.55. The van der Waals surface area contributed by atoms with E-state index in [9.17, 15) is 13.5 Å². The van der Waals surface area contributed by atoms with Crippen molar-refractivity contribution in [2.24, 2.45) is 0 Å². The molecule has 20 heavy (non-hydrogen) atoms. The van der Waals surface area contributed by atoms with Crippen molar-refractivity contribution in [1.82, 2.24) is 5.32 Å². The van der Waals surface area contributed by atoms with E-state index in [-0.39, 0.29) is 29.3 Å². The standard InChI is InChI=1S/C14H21NO4S/c1-10(13-6-5-12(19-2)8-14(13)16)15-11-4-3-7-20(17,18)9-11/h5-6,8,10-11,15-16H,3-4,7,9H2,1-2H3. The zero-order valence-electron chi connectivity index (χ0n) is 11.8. The van der Waals surface area contributed by atoms with Crippen molar-refractivity contribution in [2.75, 3.05) is 18.6 Å². The molecular formula is C14H21NO4S. The number of phenols is 1. The second-order valence-corrected chi connectivity index (χ2v) is 7.50. The number of hydrogen-bond donors (Lipinski definition) is 2. The molecular weight excluding hydrogens is 278 g/mol. The van der Waals surface area contributed by atoms with E-state index < -0.39 is 9.84 Å². The maximum atomic E-state index is 11.6. The van der Waals surface area contributed by atoms with Gasteiger partial charge in [0.15, 0.2) is 9.84 Å². The summed E-state index contributed by atoms with van der Waals surface area (Å²) in [6.45, 7) is 1.92. The van der Waals surface area contributed by atoms with E-state index in [2.05, 4.69) is 5.32 Å². The molecule has 0 bridgehead atoms. The molecule has 0 radical (unpaired) electrons. The highest BCUT2D eigenvalue weighted by Crippen LogP contribution is 2.29. The maximum absolute atomic E-state index is 11.6. The van der Waals surface area contributed by atoms with Crippen molar-refractivity contribution in [2.45, 2.75) is 31.8 Å². The quantitative estimate of drug-likeness (QED) is 0.884. The predicted molar refractivity (Wildman–Crippen MR) is 77.9 cm³/mol. The Bertz CT molecular complexity index is 571. The van der Waals surface area contributed by atoms with Crippen LogP contribution in [0.15, 0.2) is 18.2 Å². The molecule has 1 aliphatic rings. The van der Waals surface area contributed by atoms with Gasteiger partial charge < -0.3 is 15.2 Å². The number of benzene rings is 1. The molecule has 1 aliphatic heterocycles. The molecule has 1 aromatic rings. The minimum absolute atomic E-state index is 0.0507. The molecule has 5 nitrogen and oxygen atoms in total. The summed E-state index contributed by atoms with van der Waals surface area (Å²) in [4.78, 5) is 0. The Morgan fingerprint density at radius 2 is 2.20 bits per heavy atom. The van der Waals surface area contributed by atoms with Gasteiger partial charge in [-0.1, -0.05) is 6.07 Å². The Morgan fingerprint density at radius 1 is 1.45 bits per heavy atom. The van der Waals surface area contributed by atoms with Crippen molar-refractivity contribution < 1.29 is 18.3 Å². The van der Waals surface area contributed by atoms with Gasteiger partial charge in [-0.2, -0.15) is 0 Å². The molecule has 112 valence electrons. The van der Waals surface area contributed by atoms with Crippen LogP contribution in [0.5, 0.6) is 11.5 Å². The summed E-state index contributed by atoms with van der Waals surface area (Å²) in [5.74, 6) is 1.21. The molecule has 0 aromatic heterocycles. The zero-order chi connectivity index (χ0) is 14.8. The van der Waals surface area contributed by atoms with Gasteiger partial charge in [-0.3, -0.25) is 0 Å². The minimum Gasteiger partial charge on any atom is -0.507 e. The van der Waals surface area contributed by atoms with Crippen LogP contribution in [-0.4, -0.2) is 38.2 Å². The molecule has 2 atom stereocenters. The molecule has 0 saturated carbocycles. The fraction of sp³-hybridized carbons (Fsp3) is 0.571. The number of phenolic OH excluding ortho intramolecular Hbond substituents is 1. The van der Waals surface area contributed by atoms with E-state index in [4.69, 9.17) is 4.74 Å². The van der Waals surface area contributed by atoms with Gasteiger partial charge in [-0.15, -0.1) is 0 Å². The lowest BCUT2D eigenvalue weighted by molar-refractivity contribution is 0.398. The number of sulfone groups is 1. The molecule has 0 amide bonds. The first-order valence-corrected chi connectivity index (χ1v) is 8.57. The SMILES string of the molecule is COc1ccc(C(C)NC2CCCS(=O)(=O)C2)c(O)c1. The van der Waals surface area contributed by atoms with Crippen LogP contribution in [0.1, 0.15) is 31.4 Å². The largest absolute Gasteiger partial charge is 0.507 e. The molecule has 2 rings (SSSR count). The highest BCUT2D eigenvalue weighted by Gasteiger charge is 2.26. The first-order valence-electron chi connectivity index (χ1n) is 6.74. The van der Waals surface area contributed by atoms with Gasteiger partial charge in [-0.05, 0) is 25.8 Å². The van der Waals surface area contributed by atoms with Gasteiger partial charge in [0.05, 0.1) is 18.6 Å². The number of rotatable bonds is 4. The summed E-state index contributed by atoms with van der Waals surface area (Å²) in [6, 6.07) is 4.98. The lowest BCUT2D eigenvalue weighted by Crippen LogP contribution is -2.41. The third-order valence-electron chi connectivity index (χ3n) is 3.65. The molecule has 1 heterocycles.